The van der Waals surface area contributed by atoms with Gasteiger partial charge in [-0.05, 0) is 94.0 Å². The molecule has 6 rings (SSSR count). The number of alkyl carbamates (subject to hydrolysis) is 1. The number of urea groups is 1. The second-order valence-electron chi connectivity index (χ2n) is 17.7. The number of anilines is 2. The molecule has 2 heterocycles. The van der Waals surface area contributed by atoms with E-state index in [1.54, 1.807) is 103 Å². The number of hydrogen-bond donors (Lipinski definition) is 7. The molecule has 2 aliphatic rings. The third kappa shape index (κ3) is 16.8. The number of nitrogens with one attached hydrogen (secondary N) is 4. The maximum atomic E-state index is 14.3. The summed E-state index contributed by atoms with van der Waals surface area (Å²) in [5.41, 5.74) is 18.3. The number of carbonyl (C=O) groups is 4. The van der Waals surface area contributed by atoms with Crippen LogP contribution in [0.5, 0.6) is 0 Å². The van der Waals surface area contributed by atoms with E-state index >= 15 is 0 Å². The van der Waals surface area contributed by atoms with Crippen molar-refractivity contribution in [3.8, 4) is 0 Å². The molecule has 364 valence electrons. The van der Waals surface area contributed by atoms with E-state index < -0.39 is 41.4 Å². The number of hydrogen-bond acceptors (Lipinski definition) is 9. The summed E-state index contributed by atoms with van der Waals surface area (Å²) < 4.78 is 61.4. The lowest BCUT2D eigenvalue weighted by Gasteiger charge is -2.28. The summed E-state index contributed by atoms with van der Waals surface area (Å²) in [7, 11) is 0. The van der Waals surface area contributed by atoms with Gasteiger partial charge in [0.05, 0.1) is 29.5 Å². The molecule has 2 aliphatic heterocycles. The van der Waals surface area contributed by atoms with E-state index in [0.717, 1.165) is 0 Å². The SMILES string of the molecule is C.CC(C)(C)OC(=O)N[C@@H](CC(=O)N1C[C@@H](N)C[C@H]1CNc1ccccc1F)Cc1ccccc1F.NC(=O)N[C@H]1C[C@@H](CNc2ccccc2F)N(C(=O)C[C@H](N)Cc2ccccc2F)C1. The molecule has 0 saturated carbocycles. The number of ether oxygens (including phenoxy) is 1. The lowest BCUT2D eigenvalue weighted by atomic mass is 10.0. The van der Waals surface area contributed by atoms with Gasteiger partial charge in [0.1, 0.15) is 28.9 Å². The van der Waals surface area contributed by atoms with E-state index in [2.05, 4.69) is 21.3 Å². The average molecular weight is 936 g/mol. The van der Waals surface area contributed by atoms with Crippen molar-refractivity contribution in [2.24, 2.45) is 17.2 Å². The second-order valence-corrected chi connectivity index (χ2v) is 17.7. The number of nitrogens with two attached hydrogens (primary N) is 3. The van der Waals surface area contributed by atoms with E-state index in [-0.39, 0.29) is 87.3 Å². The van der Waals surface area contributed by atoms with E-state index in [4.69, 9.17) is 21.9 Å². The van der Waals surface area contributed by atoms with Gasteiger partial charge in [-0.1, -0.05) is 68.1 Å². The third-order valence-electron chi connectivity index (χ3n) is 11.1. The van der Waals surface area contributed by atoms with Crippen molar-refractivity contribution < 1.29 is 41.5 Å². The van der Waals surface area contributed by atoms with Crippen molar-refractivity contribution in [2.45, 2.75) is 109 Å². The molecule has 4 aromatic carbocycles. The molecule has 0 aliphatic carbocycles. The molecule has 6 atom stereocenters. The predicted octanol–water partition coefficient (Wildman–Crippen LogP) is 6.44. The zero-order chi connectivity index (χ0) is 48.0. The Kier molecular flexibility index (Phi) is 19.8. The topological polar surface area (TPSA) is 210 Å². The molecule has 0 aromatic heterocycles. The molecule has 2 saturated heterocycles. The first-order chi connectivity index (χ1) is 31.3. The highest BCUT2D eigenvalue weighted by Gasteiger charge is 2.37. The Morgan fingerprint density at radius 2 is 1.15 bits per heavy atom. The summed E-state index contributed by atoms with van der Waals surface area (Å²) >= 11 is 0. The third-order valence-corrected chi connectivity index (χ3v) is 11.1. The zero-order valence-corrected chi connectivity index (χ0v) is 37.5. The first-order valence-corrected chi connectivity index (χ1v) is 21.9. The number of primary amides is 1. The average Bonchev–Trinajstić information content (AvgIpc) is 3.83. The van der Waals surface area contributed by atoms with Gasteiger partial charge in [0.25, 0.3) is 0 Å². The summed E-state index contributed by atoms with van der Waals surface area (Å²) in [6.07, 6.45) is 0.666. The highest BCUT2D eigenvalue weighted by Crippen LogP contribution is 2.24. The van der Waals surface area contributed by atoms with E-state index in [1.165, 1.54) is 24.3 Å². The Bertz CT molecular complexity index is 2270. The van der Waals surface area contributed by atoms with Gasteiger partial charge in [0.2, 0.25) is 11.8 Å². The van der Waals surface area contributed by atoms with Crippen molar-refractivity contribution in [2.75, 3.05) is 36.8 Å². The lowest BCUT2D eigenvalue weighted by molar-refractivity contribution is -0.133. The van der Waals surface area contributed by atoms with Crippen LogP contribution in [0.1, 0.15) is 65.0 Å². The van der Waals surface area contributed by atoms with Gasteiger partial charge < -0.3 is 53.0 Å². The van der Waals surface area contributed by atoms with Gasteiger partial charge in [-0.25, -0.2) is 27.2 Å². The Balaban J connectivity index is 0.000000290. The quantitative estimate of drug-likeness (QED) is 0.0616. The molecule has 5 amide bonds. The number of nitrogens with zero attached hydrogens (tertiary/aromatic N) is 2. The fourth-order valence-electron chi connectivity index (χ4n) is 8.10. The molecular formula is C49H65F4N9O5. The van der Waals surface area contributed by atoms with Crippen molar-refractivity contribution in [1.82, 2.24) is 20.4 Å². The minimum Gasteiger partial charge on any atom is -0.444 e. The molecular weight excluding hydrogens is 871 g/mol. The number of amides is 5. The maximum absolute atomic E-state index is 14.3. The van der Waals surface area contributed by atoms with Crippen LogP contribution >= 0.6 is 0 Å². The highest BCUT2D eigenvalue weighted by atomic mass is 19.1. The Morgan fingerprint density at radius 1 is 0.687 bits per heavy atom. The smallest absolute Gasteiger partial charge is 0.407 e. The molecule has 67 heavy (non-hydrogen) atoms. The van der Waals surface area contributed by atoms with Gasteiger partial charge in [0, 0.05) is 57.1 Å². The fourth-order valence-corrected chi connectivity index (χ4v) is 8.10. The summed E-state index contributed by atoms with van der Waals surface area (Å²) in [6.45, 7) is 6.47. The normalized spacial score (nSPS) is 18.6. The Hall–Kier alpha value is -6.40. The number of rotatable bonds is 16. The van der Waals surface area contributed by atoms with Crippen molar-refractivity contribution >= 4 is 35.3 Å². The first-order valence-electron chi connectivity index (χ1n) is 21.9. The molecule has 0 bridgehead atoms. The van der Waals surface area contributed by atoms with Crippen LogP contribution in [0.25, 0.3) is 0 Å². The van der Waals surface area contributed by atoms with Crippen molar-refractivity contribution in [3.05, 3.63) is 131 Å². The van der Waals surface area contributed by atoms with Crippen LogP contribution in [-0.4, -0.2) is 102 Å². The Labute approximate surface area is 390 Å². The summed E-state index contributed by atoms with van der Waals surface area (Å²) in [4.78, 5) is 53.2. The van der Waals surface area contributed by atoms with Gasteiger partial charge >= 0.3 is 12.1 Å². The standard InChI is InChI=1S/C26H34F2N4O3.C22H27F2N5O2.CH4/c1-26(2,3)35-25(34)31-19(12-17-8-4-5-9-21(17)27)14-24(33)32-16-18(29)13-20(32)15-30-23-11-7-6-10-22(23)28;23-18-6-2-1-5-14(18)9-15(25)10-21(30)29-13-16(28-22(26)31)11-17(29)12-27-20-8-4-3-7-19(20)24;/h4-11,18-20,30H,12-16,29H2,1-3H3,(H,31,34);1-8,15-17,27H,9-13,25H2,(H3,26,28,31);1H4/t18-,19+,20-;15-,16+,17+;/m01./s1. The first kappa shape index (κ1) is 53.2. The molecule has 0 unspecified atom stereocenters. The van der Waals surface area contributed by atoms with Crippen LogP contribution in [0.4, 0.5) is 38.5 Å². The zero-order valence-electron chi connectivity index (χ0n) is 37.5. The minimum absolute atomic E-state index is 0. The molecule has 2 fully saturated rings. The van der Waals surface area contributed by atoms with Crippen LogP contribution in [0, 0.1) is 23.3 Å². The second kappa shape index (κ2) is 24.9. The molecule has 18 heteroatoms. The molecule has 10 N–H and O–H groups in total. The largest absolute Gasteiger partial charge is 0.444 e. The van der Waals surface area contributed by atoms with Crippen molar-refractivity contribution in [1.29, 1.82) is 0 Å². The minimum atomic E-state index is -0.720. The molecule has 4 aromatic rings. The summed E-state index contributed by atoms with van der Waals surface area (Å²) in [6, 6.07) is 22.2. The van der Waals surface area contributed by atoms with E-state index in [1.807, 2.05) is 0 Å². The predicted molar refractivity (Wildman–Crippen MR) is 252 cm³/mol. The number of likely N-dealkylation sites (tertiary alicyclic amines) is 2. The van der Waals surface area contributed by atoms with Crippen LogP contribution in [0.15, 0.2) is 97.1 Å². The lowest BCUT2D eigenvalue weighted by Crippen LogP contribution is -2.46. The van der Waals surface area contributed by atoms with Crippen molar-refractivity contribution in [3.63, 3.8) is 0 Å². The number of para-hydroxylation sites is 2. The highest BCUT2D eigenvalue weighted by molar-refractivity contribution is 5.79. The molecule has 0 radical (unpaired) electrons. The van der Waals surface area contributed by atoms with E-state index in [9.17, 15) is 36.7 Å². The van der Waals surface area contributed by atoms with Gasteiger partial charge in [-0.3, -0.25) is 9.59 Å². The van der Waals surface area contributed by atoms with Gasteiger partial charge in [-0.2, -0.15) is 0 Å². The van der Waals surface area contributed by atoms with Crippen LogP contribution in [0.2, 0.25) is 0 Å². The number of carbonyl (C=O) groups excluding carboxylic acids is 4. The van der Waals surface area contributed by atoms with E-state index in [0.29, 0.717) is 55.0 Å². The van der Waals surface area contributed by atoms with Crippen LogP contribution in [-0.2, 0) is 27.2 Å². The number of halogens is 4. The molecule has 14 nitrogen and oxygen atoms in total. The maximum Gasteiger partial charge on any atom is 0.407 e. The Morgan fingerprint density at radius 3 is 1.66 bits per heavy atom. The molecule has 0 spiro atoms. The van der Waals surface area contributed by atoms with Gasteiger partial charge in [-0.15, -0.1) is 0 Å². The van der Waals surface area contributed by atoms with Crippen LogP contribution in [0.3, 0.4) is 0 Å². The van der Waals surface area contributed by atoms with Gasteiger partial charge in [0.15, 0.2) is 0 Å². The monoisotopic (exact) mass is 936 g/mol. The summed E-state index contributed by atoms with van der Waals surface area (Å²) in [5.74, 6) is -1.97. The number of benzene rings is 4. The fraction of sp³-hybridized carbons (Fsp3) is 0.429. The van der Waals surface area contributed by atoms with Crippen LogP contribution < -0.4 is 38.5 Å². The summed E-state index contributed by atoms with van der Waals surface area (Å²) in [5, 5.41) is 11.4.